The Balaban J connectivity index is 1.60. The lowest BCUT2D eigenvalue weighted by atomic mass is 9.87. The minimum Gasteiger partial charge on any atom is -0.399 e. The largest absolute Gasteiger partial charge is 0.399 e. The van der Waals surface area contributed by atoms with Crippen molar-refractivity contribution in [3.8, 4) is 0 Å². The van der Waals surface area contributed by atoms with Crippen molar-refractivity contribution in [2.45, 2.75) is 56.7 Å². The molecule has 3 N–H and O–H groups in total. The minimum absolute atomic E-state index is 0.0439. The Hall–Kier alpha value is -4.41. The third-order valence-corrected chi connectivity index (χ3v) is 7.26. The van der Waals surface area contributed by atoms with Crippen LogP contribution >= 0.6 is 0 Å². The van der Waals surface area contributed by atoms with Gasteiger partial charge >= 0.3 is 0 Å². The first kappa shape index (κ1) is 27.2. The van der Waals surface area contributed by atoms with Gasteiger partial charge in [-0.25, -0.2) is 18.2 Å². The lowest BCUT2D eigenvalue weighted by Crippen LogP contribution is -2.56. The van der Waals surface area contributed by atoms with E-state index >= 15 is 0 Å². The van der Waals surface area contributed by atoms with Gasteiger partial charge in [0.2, 0.25) is 11.8 Å². The van der Waals surface area contributed by atoms with Gasteiger partial charge < -0.3 is 11.1 Å². The molecular formula is C29H28F3N5O3. The van der Waals surface area contributed by atoms with Crippen LogP contribution in [-0.4, -0.2) is 40.7 Å². The zero-order chi connectivity index (χ0) is 28.6. The highest BCUT2D eigenvalue weighted by molar-refractivity contribution is 6.10. The van der Waals surface area contributed by atoms with Gasteiger partial charge in [0.15, 0.2) is 0 Å². The number of alkyl halides is 2. The zero-order valence-corrected chi connectivity index (χ0v) is 21.7. The number of pyridine rings is 1. The minimum atomic E-state index is -2.87. The number of nitrogens with one attached hydrogen (secondary N) is 1. The van der Waals surface area contributed by atoms with E-state index in [1.54, 1.807) is 37.3 Å². The molecule has 2 aliphatic rings. The molecule has 2 aromatic carbocycles. The van der Waals surface area contributed by atoms with Gasteiger partial charge in [-0.3, -0.25) is 24.2 Å². The number of hydrogen-bond acceptors (Lipinski definition) is 5. The van der Waals surface area contributed by atoms with Crippen molar-refractivity contribution >= 4 is 34.9 Å². The second kappa shape index (κ2) is 10.6. The number of hydrogen-bond donors (Lipinski definition) is 2. The highest BCUT2D eigenvalue weighted by Gasteiger charge is 2.48. The van der Waals surface area contributed by atoms with E-state index in [4.69, 9.17) is 5.73 Å². The van der Waals surface area contributed by atoms with Gasteiger partial charge in [-0.2, -0.15) is 0 Å². The Bertz CT molecular complexity index is 1460. The standard InChI is InChI=1S/C29H28F3N5O3/c1-17-5-2-3-8-22(17)26(27(39)35-20-15-29(31,32)16-20)36(21-7-4-6-18(30)13-21)28(40)23-9-10-25(38)37(23)24-14-19(33)11-12-34-24/h2-8,11-14,20,23,26H,9-10,15-16H2,1H3,(H2,33,34)(H,35,39). The Morgan fingerprint density at radius 3 is 2.55 bits per heavy atom. The fourth-order valence-corrected chi connectivity index (χ4v) is 5.30. The van der Waals surface area contributed by atoms with Crippen LogP contribution in [0.1, 0.15) is 42.9 Å². The van der Waals surface area contributed by atoms with E-state index in [1.165, 1.54) is 35.4 Å². The topological polar surface area (TPSA) is 109 Å². The van der Waals surface area contributed by atoms with Gasteiger partial charge in [0, 0.05) is 48.9 Å². The fourth-order valence-electron chi connectivity index (χ4n) is 5.30. The number of nitrogens with two attached hydrogens (primary N) is 1. The first-order valence-electron chi connectivity index (χ1n) is 12.9. The first-order valence-corrected chi connectivity index (χ1v) is 12.9. The smallest absolute Gasteiger partial charge is 0.252 e. The number of amides is 3. The number of anilines is 3. The van der Waals surface area contributed by atoms with Crippen LogP contribution in [0.5, 0.6) is 0 Å². The van der Waals surface area contributed by atoms with E-state index in [-0.39, 0.29) is 30.3 Å². The second-order valence-corrected chi connectivity index (χ2v) is 10.2. The predicted molar refractivity (Wildman–Crippen MR) is 143 cm³/mol. The van der Waals surface area contributed by atoms with E-state index in [2.05, 4.69) is 10.3 Å². The summed E-state index contributed by atoms with van der Waals surface area (Å²) < 4.78 is 41.7. The molecule has 0 bridgehead atoms. The molecule has 3 amide bonds. The average molecular weight is 552 g/mol. The summed E-state index contributed by atoms with van der Waals surface area (Å²) in [6.07, 6.45) is 0.553. The number of carbonyl (C=O) groups excluding carboxylic acids is 3. The Morgan fingerprint density at radius 1 is 1.12 bits per heavy atom. The van der Waals surface area contributed by atoms with Crippen LogP contribution < -0.4 is 20.9 Å². The summed E-state index contributed by atoms with van der Waals surface area (Å²) in [5.74, 6) is -5.04. The summed E-state index contributed by atoms with van der Waals surface area (Å²) in [5.41, 5.74) is 7.41. The maximum absolute atomic E-state index is 14.5. The van der Waals surface area contributed by atoms with Crippen molar-refractivity contribution in [1.82, 2.24) is 10.3 Å². The molecule has 40 heavy (non-hydrogen) atoms. The number of benzene rings is 2. The van der Waals surface area contributed by atoms with Crippen molar-refractivity contribution in [2.75, 3.05) is 15.5 Å². The monoisotopic (exact) mass is 551 g/mol. The van der Waals surface area contributed by atoms with E-state index < -0.39 is 54.5 Å². The van der Waals surface area contributed by atoms with Crippen LogP contribution in [0.4, 0.5) is 30.4 Å². The molecule has 1 saturated carbocycles. The fraction of sp³-hybridized carbons (Fsp3) is 0.310. The third kappa shape index (κ3) is 5.36. The van der Waals surface area contributed by atoms with Crippen molar-refractivity contribution < 1.29 is 27.6 Å². The Kier molecular flexibility index (Phi) is 7.22. The Morgan fingerprint density at radius 2 is 1.88 bits per heavy atom. The van der Waals surface area contributed by atoms with Crippen LogP contribution in [0, 0.1) is 12.7 Å². The lowest BCUT2D eigenvalue weighted by Gasteiger charge is -2.39. The maximum atomic E-state index is 14.5. The summed E-state index contributed by atoms with van der Waals surface area (Å²) in [6.45, 7) is 1.75. The van der Waals surface area contributed by atoms with E-state index in [0.717, 1.165) is 11.0 Å². The van der Waals surface area contributed by atoms with Crippen LogP contribution in [-0.2, 0) is 14.4 Å². The van der Waals surface area contributed by atoms with Crippen molar-refractivity contribution in [3.63, 3.8) is 0 Å². The predicted octanol–water partition coefficient (Wildman–Crippen LogP) is 4.30. The zero-order valence-electron chi connectivity index (χ0n) is 21.7. The normalized spacial score (nSPS) is 19.1. The average Bonchev–Trinajstić information content (AvgIpc) is 3.27. The summed E-state index contributed by atoms with van der Waals surface area (Å²) in [5, 5.41) is 2.65. The Labute approximate surface area is 229 Å². The summed E-state index contributed by atoms with van der Waals surface area (Å²) in [4.78, 5) is 47.8. The molecule has 11 heteroatoms. The molecule has 2 unspecified atom stereocenters. The van der Waals surface area contributed by atoms with E-state index in [0.29, 0.717) is 16.8 Å². The van der Waals surface area contributed by atoms with Crippen LogP contribution in [0.3, 0.4) is 0 Å². The summed E-state index contributed by atoms with van der Waals surface area (Å²) >= 11 is 0. The molecule has 1 saturated heterocycles. The molecule has 2 heterocycles. The quantitative estimate of drug-likeness (QED) is 0.455. The molecule has 0 spiro atoms. The number of aromatic nitrogens is 1. The van der Waals surface area contributed by atoms with E-state index in [9.17, 15) is 27.6 Å². The van der Waals surface area contributed by atoms with Crippen LogP contribution in [0.2, 0.25) is 0 Å². The number of halogens is 3. The summed E-state index contributed by atoms with van der Waals surface area (Å²) in [6, 6.07) is 11.9. The van der Waals surface area contributed by atoms with Gasteiger partial charge in [-0.15, -0.1) is 0 Å². The van der Waals surface area contributed by atoms with Gasteiger partial charge in [0.1, 0.15) is 23.7 Å². The molecular weight excluding hydrogens is 523 g/mol. The number of nitrogen functional groups attached to an aromatic ring is 1. The molecule has 5 rings (SSSR count). The maximum Gasteiger partial charge on any atom is 0.252 e. The second-order valence-electron chi connectivity index (χ2n) is 10.2. The molecule has 8 nitrogen and oxygen atoms in total. The molecule has 3 aromatic rings. The molecule has 1 aliphatic heterocycles. The van der Waals surface area contributed by atoms with Gasteiger partial charge in [0.05, 0.1) is 0 Å². The molecule has 2 atom stereocenters. The van der Waals surface area contributed by atoms with Gasteiger partial charge in [0.25, 0.3) is 11.8 Å². The number of nitrogens with zero attached hydrogens (tertiary/aromatic N) is 3. The first-order chi connectivity index (χ1) is 19.0. The highest BCUT2D eigenvalue weighted by Crippen LogP contribution is 2.39. The number of aryl methyl sites for hydroxylation is 1. The molecule has 2 fully saturated rings. The number of rotatable bonds is 7. The van der Waals surface area contributed by atoms with Crippen molar-refractivity contribution in [1.29, 1.82) is 0 Å². The van der Waals surface area contributed by atoms with E-state index in [1.807, 2.05) is 0 Å². The molecule has 1 aliphatic carbocycles. The van der Waals surface area contributed by atoms with Crippen molar-refractivity contribution in [2.24, 2.45) is 0 Å². The summed E-state index contributed by atoms with van der Waals surface area (Å²) in [7, 11) is 0. The molecule has 0 radical (unpaired) electrons. The van der Waals surface area contributed by atoms with Gasteiger partial charge in [-0.1, -0.05) is 30.3 Å². The van der Waals surface area contributed by atoms with Crippen LogP contribution in [0.15, 0.2) is 66.9 Å². The molecule has 208 valence electrons. The third-order valence-electron chi connectivity index (χ3n) is 7.26. The SMILES string of the molecule is Cc1ccccc1C(C(=O)NC1CC(F)(F)C1)N(C(=O)C1CCC(=O)N1c1cc(N)ccn1)c1cccc(F)c1. The lowest BCUT2D eigenvalue weighted by molar-refractivity contribution is -0.133. The van der Waals surface area contributed by atoms with Crippen LogP contribution in [0.25, 0.3) is 0 Å². The van der Waals surface area contributed by atoms with Gasteiger partial charge in [-0.05, 0) is 48.7 Å². The number of carbonyl (C=O) groups is 3. The van der Waals surface area contributed by atoms with Crippen molar-refractivity contribution in [3.05, 3.63) is 83.8 Å². The molecule has 1 aromatic heterocycles. The highest BCUT2D eigenvalue weighted by atomic mass is 19.3.